The van der Waals surface area contributed by atoms with Crippen LogP contribution in [0.1, 0.15) is 18.7 Å². The Morgan fingerprint density at radius 1 is 1.53 bits per heavy atom. The predicted octanol–water partition coefficient (Wildman–Crippen LogP) is 0.173. The van der Waals surface area contributed by atoms with E-state index >= 15 is 0 Å². The number of nitrogens with zero attached hydrogens (tertiary/aromatic N) is 3. The highest BCUT2D eigenvalue weighted by molar-refractivity contribution is 5.74. The van der Waals surface area contributed by atoms with Crippen LogP contribution in [0.15, 0.2) is 12.5 Å². The van der Waals surface area contributed by atoms with Crippen LogP contribution >= 0.6 is 0 Å². The van der Waals surface area contributed by atoms with Gasteiger partial charge >= 0.3 is 5.97 Å². The Balaban J connectivity index is 2.06. The van der Waals surface area contributed by atoms with Crippen LogP contribution < -0.4 is 0 Å². The molecule has 94 valence electrons. The smallest absolute Gasteiger partial charge is 0.327 e. The molecule has 2 N–H and O–H groups in total. The molecule has 6 heteroatoms. The maximum atomic E-state index is 11.3. The number of carbonyl (C=O) groups is 1. The lowest BCUT2D eigenvalue weighted by molar-refractivity contribution is -0.144. The van der Waals surface area contributed by atoms with Gasteiger partial charge in [-0.3, -0.25) is 9.69 Å². The molecular weight excluding hydrogens is 220 g/mol. The Hall–Kier alpha value is -1.40. The molecule has 0 aliphatic carbocycles. The molecule has 0 amide bonds. The number of aromatic nitrogens is 2. The third kappa shape index (κ3) is 2.65. The number of aliphatic carboxylic acids is 1. The van der Waals surface area contributed by atoms with Crippen molar-refractivity contribution in [3.05, 3.63) is 18.2 Å². The topological polar surface area (TPSA) is 72.5 Å². The van der Waals surface area contributed by atoms with Gasteiger partial charge in [0.25, 0.3) is 0 Å². The van der Waals surface area contributed by atoms with Crippen LogP contribution in [0.5, 0.6) is 0 Å². The highest BCUT2D eigenvalue weighted by atomic mass is 16.4. The second kappa shape index (κ2) is 5.29. The quantitative estimate of drug-likeness (QED) is 0.782. The van der Waals surface area contributed by atoms with Crippen LogP contribution in [0.4, 0.5) is 0 Å². The van der Waals surface area contributed by atoms with E-state index < -0.39 is 12.0 Å². The summed E-state index contributed by atoms with van der Waals surface area (Å²) in [7, 11) is 0. The Kier molecular flexibility index (Phi) is 3.75. The van der Waals surface area contributed by atoms with Gasteiger partial charge in [-0.25, -0.2) is 4.98 Å². The summed E-state index contributed by atoms with van der Waals surface area (Å²) in [6.07, 6.45) is 3.11. The summed E-state index contributed by atoms with van der Waals surface area (Å²) >= 11 is 0. The molecule has 1 aromatic heterocycles. The normalized spacial score (nSPS) is 20.3. The van der Waals surface area contributed by atoms with Gasteiger partial charge in [-0.1, -0.05) is 6.92 Å². The minimum Gasteiger partial charge on any atom is -0.480 e. The Morgan fingerprint density at radius 2 is 2.24 bits per heavy atom. The van der Waals surface area contributed by atoms with Crippen LogP contribution in [0, 0.1) is 0 Å². The zero-order valence-corrected chi connectivity index (χ0v) is 9.96. The zero-order chi connectivity index (χ0) is 12.3. The molecule has 1 aromatic rings. The number of piperazine rings is 1. The fourth-order valence-electron chi connectivity index (χ4n) is 2.24. The Labute approximate surface area is 100 Å². The highest BCUT2D eigenvalue weighted by Gasteiger charge is 2.30. The molecule has 2 heterocycles. The first-order chi connectivity index (χ1) is 8.22. The van der Waals surface area contributed by atoms with Crippen molar-refractivity contribution in [1.82, 2.24) is 19.8 Å². The molecule has 2 rings (SSSR count). The van der Waals surface area contributed by atoms with Gasteiger partial charge in [0.15, 0.2) is 6.04 Å². The predicted molar refractivity (Wildman–Crippen MR) is 62.7 cm³/mol. The van der Waals surface area contributed by atoms with Crippen LogP contribution in [0.25, 0.3) is 0 Å². The summed E-state index contributed by atoms with van der Waals surface area (Å²) in [5.74, 6) is -0.820. The van der Waals surface area contributed by atoms with Gasteiger partial charge < -0.3 is 15.0 Å². The SMILES string of the molecule is CCN1CCN(C(C(=O)O)c2cnc[nH]2)CC1. The van der Waals surface area contributed by atoms with Crippen molar-refractivity contribution in [2.24, 2.45) is 0 Å². The second-order valence-corrected chi connectivity index (χ2v) is 4.22. The molecule has 1 fully saturated rings. The molecule has 0 radical (unpaired) electrons. The summed E-state index contributed by atoms with van der Waals surface area (Å²) in [4.78, 5) is 22.4. The van der Waals surface area contributed by atoms with Crippen molar-refractivity contribution in [3.63, 3.8) is 0 Å². The number of carboxylic acids is 1. The van der Waals surface area contributed by atoms with Gasteiger partial charge in [0.05, 0.1) is 18.2 Å². The Bertz CT molecular complexity index is 358. The molecule has 1 unspecified atom stereocenters. The standard InChI is InChI=1S/C11H18N4O2/c1-2-14-3-5-15(6-4-14)10(11(16)17)9-7-12-8-13-9/h7-8,10H,2-6H2,1H3,(H,12,13)(H,16,17). The van der Waals surface area contributed by atoms with Gasteiger partial charge in [-0.15, -0.1) is 0 Å². The van der Waals surface area contributed by atoms with Gasteiger partial charge in [0.1, 0.15) is 0 Å². The van der Waals surface area contributed by atoms with Gasteiger partial charge in [-0.2, -0.15) is 0 Å². The minimum atomic E-state index is -0.820. The molecule has 1 atom stereocenters. The van der Waals surface area contributed by atoms with Crippen molar-refractivity contribution in [3.8, 4) is 0 Å². The van der Waals surface area contributed by atoms with E-state index in [0.717, 1.165) is 32.7 Å². The number of aromatic amines is 1. The maximum absolute atomic E-state index is 11.3. The summed E-state index contributed by atoms with van der Waals surface area (Å²) < 4.78 is 0. The number of likely N-dealkylation sites (N-methyl/N-ethyl adjacent to an activating group) is 1. The van der Waals surface area contributed by atoms with E-state index in [0.29, 0.717) is 5.69 Å². The van der Waals surface area contributed by atoms with Crippen molar-refractivity contribution in [2.45, 2.75) is 13.0 Å². The fraction of sp³-hybridized carbons (Fsp3) is 0.636. The summed E-state index contributed by atoms with van der Waals surface area (Å²) in [6.45, 7) is 6.56. The lowest BCUT2D eigenvalue weighted by Crippen LogP contribution is -2.49. The van der Waals surface area contributed by atoms with Crippen molar-refractivity contribution >= 4 is 5.97 Å². The number of imidazole rings is 1. The van der Waals surface area contributed by atoms with Crippen molar-refractivity contribution < 1.29 is 9.90 Å². The molecule has 17 heavy (non-hydrogen) atoms. The summed E-state index contributed by atoms with van der Waals surface area (Å²) in [5, 5.41) is 9.32. The van der Waals surface area contributed by atoms with E-state index in [2.05, 4.69) is 21.8 Å². The molecule has 6 nitrogen and oxygen atoms in total. The monoisotopic (exact) mass is 238 g/mol. The molecular formula is C11H18N4O2. The average Bonchev–Trinajstić information content (AvgIpc) is 2.83. The molecule has 0 aromatic carbocycles. The first-order valence-corrected chi connectivity index (χ1v) is 5.90. The second-order valence-electron chi connectivity index (χ2n) is 4.22. The third-order valence-corrected chi connectivity index (χ3v) is 3.27. The Morgan fingerprint density at radius 3 is 2.71 bits per heavy atom. The molecule has 1 saturated heterocycles. The summed E-state index contributed by atoms with van der Waals surface area (Å²) in [5.41, 5.74) is 0.655. The summed E-state index contributed by atoms with van der Waals surface area (Å²) in [6, 6.07) is -0.600. The number of nitrogens with one attached hydrogen (secondary N) is 1. The third-order valence-electron chi connectivity index (χ3n) is 3.27. The van der Waals surface area contributed by atoms with E-state index in [9.17, 15) is 9.90 Å². The van der Waals surface area contributed by atoms with E-state index in [-0.39, 0.29) is 0 Å². The maximum Gasteiger partial charge on any atom is 0.327 e. The van der Waals surface area contributed by atoms with Crippen molar-refractivity contribution in [2.75, 3.05) is 32.7 Å². The zero-order valence-electron chi connectivity index (χ0n) is 9.96. The number of hydrogen-bond acceptors (Lipinski definition) is 4. The van der Waals surface area contributed by atoms with E-state index in [1.54, 1.807) is 6.20 Å². The molecule has 0 saturated carbocycles. The van der Waals surface area contributed by atoms with Gasteiger partial charge in [0.2, 0.25) is 0 Å². The van der Waals surface area contributed by atoms with E-state index in [4.69, 9.17) is 0 Å². The van der Waals surface area contributed by atoms with Gasteiger partial charge in [-0.05, 0) is 6.54 Å². The van der Waals surface area contributed by atoms with Crippen LogP contribution in [0.3, 0.4) is 0 Å². The number of hydrogen-bond donors (Lipinski definition) is 2. The fourth-order valence-corrected chi connectivity index (χ4v) is 2.24. The first-order valence-electron chi connectivity index (χ1n) is 5.90. The first kappa shape index (κ1) is 12.1. The lowest BCUT2D eigenvalue weighted by atomic mass is 10.1. The largest absolute Gasteiger partial charge is 0.480 e. The number of carboxylic acid groups (broad SMARTS) is 1. The minimum absolute atomic E-state index is 0.600. The molecule has 0 spiro atoms. The molecule has 1 aliphatic heterocycles. The van der Waals surface area contributed by atoms with Crippen LogP contribution in [-0.4, -0.2) is 63.6 Å². The van der Waals surface area contributed by atoms with E-state index in [1.165, 1.54) is 6.33 Å². The average molecular weight is 238 g/mol. The van der Waals surface area contributed by atoms with E-state index in [1.807, 2.05) is 4.90 Å². The van der Waals surface area contributed by atoms with Crippen molar-refractivity contribution in [1.29, 1.82) is 0 Å². The molecule has 0 bridgehead atoms. The number of rotatable bonds is 4. The molecule has 1 aliphatic rings. The number of H-pyrrole nitrogens is 1. The van der Waals surface area contributed by atoms with Crippen LogP contribution in [-0.2, 0) is 4.79 Å². The van der Waals surface area contributed by atoms with Gasteiger partial charge in [0, 0.05) is 26.2 Å². The lowest BCUT2D eigenvalue weighted by Gasteiger charge is -2.36. The van der Waals surface area contributed by atoms with Crippen LogP contribution in [0.2, 0.25) is 0 Å². The highest BCUT2D eigenvalue weighted by Crippen LogP contribution is 2.20.